The zero-order valence-electron chi connectivity index (χ0n) is 63.8. The van der Waals surface area contributed by atoms with Crippen LogP contribution in [0, 0.1) is 35.0 Å². The van der Waals surface area contributed by atoms with Crippen LogP contribution in [-0.2, 0) is 60.9 Å². The van der Waals surface area contributed by atoms with E-state index in [1.165, 1.54) is 28.4 Å². The van der Waals surface area contributed by atoms with Gasteiger partial charge in [0.25, 0.3) is 17.7 Å². The van der Waals surface area contributed by atoms with Gasteiger partial charge in [-0.1, -0.05) is 94.0 Å². The van der Waals surface area contributed by atoms with E-state index < -0.39 is 78.2 Å². The van der Waals surface area contributed by atoms with E-state index in [0.29, 0.717) is 88.4 Å². The summed E-state index contributed by atoms with van der Waals surface area (Å²) < 4.78 is 27.0. The predicted octanol–water partition coefficient (Wildman–Crippen LogP) is 9.30. The number of hydrogen-bond donors (Lipinski definition) is 10. The summed E-state index contributed by atoms with van der Waals surface area (Å²) in [5.74, 6) is -6.36. The van der Waals surface area contributed by atoms with Crippen molar-refractivity contribution in [3.63, 3.8) is 0 Å². The number of para-hydroxylation sites is 1. The first kappa shape index (κ1) is 82.1. The number of carbonyl (C=O) groups is 10. The number of aliphatic hydroxyl groups excluding tert-OH is 3. The molecule has 2 aliphatic heterocycles. The molecule has 0 radical (unpaired) electrons. The highest BCUT2D eigenvalue weighted by Crippen LogP contribution is 2.72. The molecule has 5 fully saturated rings. The summed E-state index contributed by atoms with van der Waals surface area (Å²) >= 11 is 1.38. The Morgan fingerprint density at radius 2 is 1.51 bits per heavy atom. The number of carboxylic acids is 2. The Kier molecular flexibility index (Phi) is 25.4. The third kappa shape index (κ3) is 19.5. The molecule has 31 heteroatoms. The molecule has 30 nitrogen and oxygen atoms in total. The minimum Gasteiger partial charge on any atom is -0.479 e. The van der Waals surface area contributed by atoms with Gasteiger partial charge in [0.1, 0.15) is 24.9 Å². The van der Waals surface area contributed by atoms with Crippen molar-refractivity contribution in [2.24, 2.45) is 33.8 Å². The van der Waals surface area contributed by atoms with Gasteiger partial charge in [0, 0.05) is 97.3 Å². The van der Waals surface area contributed by atoms with Crippen molar-refractivity contribution < 1.29 is 92.4 Å². The van der Waals surface area contributed by atoms with E-state index in [-0.39, 0.29) is 129 Å². The number of ether oxygens (including phenoxy) is 4. The van der Waals surface area contributed by atoms with Gasteiger partial charge in [-0.15, -0.1) is 0 Å². The van der Waals surface area contributed by atoms with Crippen LogP contribution in [0.5, 0.6) is 0 Å². The van der Waals surface area contributed by atoms with Crippen LogP contribution < -0.4 is 27.0 Å². The van der Waals surface area contributed by atoms with Crippen LogP contribution in [0.25, 0.3) is 43.4 Å². The summed E-state index contributed by atoms with van der Waals surface area (Å²) in [6, 6.07) is 27.0. The number of anilines is 2. The Bertz CT molecular complexity index is 4720. The van der Waals surface area contributed by atoms with Crippen LogP contribution in [0.3, 0.4) is 0 Å². The zero-order valence-corrected chi connectivity index (χ0v) is 64.6. The molecular weight excluding hydrogens is 1480 g/mol. The Morgan fingerprint density at radius 3 is 2.22 bits per heavy atom. The number of aliphatic hydroxyl groups is 3. The second-order valence-corrected chi connectivity index (χ2v) is 32.9. The van der Waals surface area contributed by atoms with E-state index in [1.54, 1.807) is 62.5 Å². The number of thiazole rings is 1. The number of benzene rings is 4. The summed E-state index contributed by atoms with van der Waals surface area (Å²) in [6.07, 6.45) is 1.13. The van der Waals surface area contributed by atoms with Gasteiger partial charge in [0.05, 0.1) is 47.0 Å². The number of nitrogens with zero attached hydrogens (tertiary/aromatic N) is 6. The van der Waals surface area contributed by atoms with Gasteiger partial charge >= 0.3 is 24.1 Å². The number of carboxylic acid groups (broad SMARTS) is 2. The third-order valence-electron chi connectivity index (χ3n) is 22.2. The van der Waals surface area contributed by atoms with Gasteiger partial charge < -0.3 is 71.1 Å². The number of imide groups is 1. The van der Waals surface area contributed by atoms with E-state index >= 15 is 0 Å². The van der Waals surface area contributed by atoms with Gasteiger partial charge in [-0.25, -0.2) is 29.1 Å². The molecule has 7 aromatic rings. The largest absolute Gasteiger partial charge is 0.479 e. The first-order chi connectivity index (χ1) is 53.9. The lowest BCUT2D eigenvalue weighted by Crippen LogP contribution is -2.64. The van der Waals surface area contributed by atoms with Crippen LogP contribution in [-0.4, -0.2) is 196 Å². The number of fused-ring (bicyclic) bond motifs is 2. The van der Waals surface area contributed by atoms with Crippen molar-refractivity contribution in [1.29, 1.82) is 0 Å². The lowest BCUT2D eigenvalue weighted by atomic mass is 9.39. The molecule has 4 aromatic carbocycles. The smallest absolute Gasteiger partial charge is 0.410 e. The van der Waals surface area contributed by atoms with Crippen molar-refractivity contribution in [2.45, 2.75) is 180 Å². The molecule has 9 atom stereocenters. The molecule has 600 valence electrons. The van der Waals surface area contributed by atoms with Crippen LogP contribution in [0.4, 0.5) is 20.4 Å². The molecule has 1 saturated heterocycles. The van der Waals surface area contributed by atoms with E-state index in [9.17, 15) is 73.5 Å². The van der Waals surface area contributed by atoms with E-state index in [2.05, 4.69) is 40.1 Å². The van der Waals surface area contributed by atoms with E-state index in [0.717, 1.165) is 58.3 Å². The monoisotopic (exact) mass is 1570 g/mol. The van der Waals surface area contributed by atoms with Crippen molar-refractivity contribution in [3.8, 4) is 22.4 Å². The van der Waals surface area contributed by atoms with Crippen LogP contribution in [0.15, 0.2) is 115 Å². The number of nitrogens with one attached hydrogen (secondary N) is 4. The van der Waals surface area contributed by atoms with Crippen molar-refractivity contribution in [1.82, 2.24) is 40.2 Å². The number of unbranched alkanes of at least 4 members (excludes halogenated alkanes) is 2. The maximum absolute atomic E-state index is 14.4. The van der Waals surface area contributed by atoms with Crippen LogP contribution >= 0.6 is 11.3 Å². The maximum atomic E-state index is 14.4. The number of carbonyl (C=O) groups excluding carboxylic acids is 8. The summed E-state index contributed by atoms with van der Waals surface area (Å²) in [6.45, 7) is 10.7. The highest BCUT2D eigenvalue weighted by molar-refractivity contribution is 7.22. The molecule has 4 aliphatic carbocycles. The number of primary amides is 1. The number of Topliss-reactive ketones (excluding diaryl/α,β-unsaturated/α-hetero) is 1. The van der Waals surface area contributed by atoms with Crippen LogP contribution in [0.2, 0.25) is 0 Å². The SMILES string of the molecule is Cc1c(-c2ccc(-c3ccc4cccc(C(=O)Nc5nc6ccccc6s5)c4c3)nc2C(=O)O)cnn1CC12CC3(C)CC(C)(C1)CC(OCCN(CCCO[C@H]1O[C@@H](C(=O)O)[C@H](O)[C@@H](O)[C@@H]1O)C(=O)OCc1ccc(NC(=O)[C@H](CCCNC(N)=O)CC(=O)[C@@H](NC(=O)CCCCCN4C(=O)C=CC4=O)C(C)C)cc1)(C3)C2. The average molecular weight is 1570 g/mol. The van der Waals surface area contributed by atoms with Gasteiger partial charge in [0.2, 0.25) is 11.8 Å². The van der Waals surface area contributed by atoms with Crippen LogP contribution in [0.1, 0.15) is 150 Å². The van der Waals surface area contributed by atoms with E-state index in [4.69, 9.17) is 34.8 Å². The molecular formula is C82H97N11O19S. The molecule has 113 heavy (non-hydrogen) atoms. The number of aromatic nitrogens is 4. The van der Waals surface area contributed by atoms with Crippen molar-refractivity contribution in [3.05, 3.63) is 138 Å². The minimum absolute atomic E-state index is 0.00964. The van der Waals surface area contributed by atoms with Gasteiger partial charge in [0.15, 0.2) is 29.0 Å². The van der Waals surface area contributed by atoms with E-state index in [1.807, 2.05) is 66.2 Å². The Labute approximate surface area is 656 Å². The third-order valence-corrected chi connectivity index (χ3v) is 23.2. The highest BCUT2D eigenvalue weighted by Gasteiger charge is 2.66. The molecule has 2 unspecified atom stereocenters. The fourth-order valence-electron chi connectivity index (χ4n) is 18.0. The molecule has 4 bridgehead atoms. The number of ketones is 1. The molecule has 13 rings (SSSR count). The average Bonchev–Trinajstić information content (AvgIpc) is 1.30. The molecule has 3 aromatic heterocycles. The highest BCUT2D eigenvalue weighted by atomic mass is 32.1. The Morgan fingerprint density at radius 1 is 0.770 bits per heavy atom. The summed E-state index contributed by atoms with van der Waals surface area (Å²) in [5.41, 5.74) is 8.81. The number of amides is 8. The minimum atomic E-state index is -1.93. The normalized spacial score (nSPS) is 23.5. The fourth-order valence-corrected chi connectivity index (χ4v) is 18.9. The first-order valence-electron chi connectivity index (χ1n) is 38.2. The lowest BCUT2D eigenvalue weighted by molar-refractivity contribution is -0.294. The topological polar surface area (TPSA) is 433 Å². The molecule has 5 heterocycles. The Balaban J connectivity index is 0.696. The quantitative estimate of drug-likeness (QED) is 0.0129. The zero-order chi connectivity index (χ0) is 80.7. The second-order valence-electron chi connectivity index (χ2n) is 31.8. The number of hydrogen-bond acceptors (Lipinski definition) is 21. The number of urea groups is 1. The molecule has 0 spiro atoms. The Hall–Kier alpha value is -10.4. The molecule has 6 aliphatic rings. The first-order valence-corrected chi connectivity index (χ1v) is 39.1. The standard InChI is InChI=1S/C82H97N11O19S/c1-47(2)65(89-62(95)19-7-6-10-32-92-63(96)28-29-64(92)97)60(94)37-52(15-12-30-84-76(83)107)71(101)86-53-24-20-49(21-25-53)39-110-78(108)91(31-13-34-109-75-69(100)67(98)68(99)70(112-75)74(105)106)33-35-111-82-43-79(4)40-80(5,44-82)42-81(41-79,45-82)46-93-48(3)57(38-85-93)54-26-27-58(87-66(54)73(103)104)51-23-22-50-14-11-16-55(56(50)36-51)72(102)90-77-88-59-17-8-9-18-61(59)113-77/h8-9,11,14,16-18,20-29,36,38,47,52,65,67-70,75,98-100H,6-7,10,12-13,15,19,30-35,37,39-46H2,1-5H3,(H,86,101)(H,89,95)(H,103,104)(H,105,106)(H3,83,84,107)(H,88,90,102)/t52-,65+,67-,68-,69+,70-,75+,79?,80?,81?,82?/m1/s1. The summed E-state index contributed by atoms with van der Waals surface area (Å²) in [5, 5.41) is 69.9. The molecule has 4 saturated carbocycles. The van der Waals surface area contributed by atoms with Gasteiger partial charge in [-0.2, -0.15) is 5.10 Å². The lowest BCUT2D eigenvalue weighted by Gasteiger charge is -2.69. The number of pyridine rings is 1. The summed E-state index contributed by atoms with van der Waals surface area (Å²) in [7, 11) is 0. The fraction of sp³-hybridized carbons (Fsp3) is 0.476. The van der Waals surface area contributed by atoms with Crippen molar-refractivity contribution >= 4 is 103 Å². The number of rotatable bonds is 36. The summed E-state index contributed by atoms with van der Waals surface area (Å²) in [4.78, 5) is 142. The molecule has 11 N–H and O–H groups in total. The number of aliphatic carboxylic acids is 1. The molecule has 8 amide bonds. The van der Waals surface area contributed by atoms with Gasteiger partial charge in [-0.05, 0) is 165 Å². The predicted molar refractivity (Wildman–Crippen MR) is 415 cm³/mol. The maximum Gasteiger partial charge on any atom is 0.410 e. The number of aromatic carboxylic acids is 1. The number of nitrogens with two attached hydrogens (primary N) is 1. The van der Waals surface area contributed by atoms with Gasteiger partial charge in [-0.3, -0.25) is 43.7 Å². The second kappa shape index (κ2) is 34.9. The van der Waals surface area contributed by atoms with Crippen molar-refractivity contribution in [2.75, 3.05) is 50.0 Å².